The van der Waals surface area contributed by atoms with E-state index in [9.17, 15) is 9.59 Å². The molecule has 0 radical (unpaired) electrons. The lowest BCUT2D eigenvalue weighted by atomic mass is 10.1. The van der Waals surface area contributed by atoms with Crippen LogP contribution in [-0.2, 0) is 4.79 Å². The molecule has 0 aliphatic heterocycles. The van der Waals surface area contributed by atoms with Gasteiger partial charge in [-0.15, -0.1) is 0 Å². The first-order valence-electron chi connectivity index (χ1n) is 7.43. The average molecular weight is 284 g/mol. The molecule has 0 aromatic rings. The van der Waals surface area contributed by atoms with Crippen LogP contribution in [0.4, 0.5) is 4.79 Å². The maximum atomic E-state index is 12.8. The van der Waals surface area contributed by atoms with Crippen LogP contribution in [0, 0.1) is 5.92 Å². The molecule has 20 heavy (non-hydrogen) atoms. The minimum absolute atomic E-state index is 0.0107. The van der Waals surface area contributed by atoms with Crippen LogP contribution in [0.3, 0.4) is 0 Å². The van der Waals surface area contributed by atoms with Gasteiger partial charge in [-0.2, -0.15) is 0 Å². The highest BCUT2D eigenvalue weighted by molar-refractivity contribution is 5.77. The van der Waals surface area contributed by atoms with Gasteiger partial charge in [-0.25, -0.2) is 4.79 Å². The minimum Gasteiger partial charge on any atom is -0.481 e. The SMILES string of the molecule is CC(C)CN(C(=O)N(CCC(=O)O)C(C)(C)C)C1CC1. The van der Waals surface area contributed by atoms with Crippen LogP contribution >= 0.6 is 0 Å². The number of aliphatic carboxylic acids is 1. The van der Waals surface area contributed by atoms with Crippen LogP contribution < -0.4 is 0 Å². The van der Waals surface area contributed by atoms with Crippen molar-refractivity contribution >= 4 is 12.0 Å². The van der Waals surface area contributed by atoms with Crippen molar-refractivity contribution in [3.05, 3.63) is 0 Å². The Labute approximate surface area is 121 Å². The average Bonchev–Trinajstić information content (AvgIpc) is 3.06. The number of hydrogen-bond donors (Lipinski definition) is 1. The Hall–Kier alpha value is -1.26. The molecule has 1 aliphatic rings. The van der Waals surface area contributed by atoms with E-state index in [-0.39, 0.29) is 24.5 Å². The Morgan fingerprint density at radius 2 is 1.80 bits per heavy atom. The third-order valence-corrected chi connectivity index (χ3v) is 3.39. The predicted octanol–water partition coefficient (Wildman–Crippen LogP) is 2.80. The standard InChI is InChI=1S/C15H28N2O3/c1-11(2)10-16(12-6-7-12)14(20)17(15(3,4)5)9-8-13(18)19/h11-12H,6-10H2,1-5H3,(H,18,19). The molecule has 5 heteroatoms. The summed E-state index contributed by atoms with van der Waals surface area (Å²) in [5, 5.41) is 8.86. The third kappa shape index (κ3) is 5.02. The lowest BCUT2D eigenvalue weighted by Gasteiger charge is -2.40. The van der Waals surface area contributed by atoms with Crippen molar-refractivity contribution in [2.24, 2.45) is 5.92 Å². The molecule has 0 atom stereocenters. The van der Waals surface area contributed by atoms with E-state index < -0.39 is 5.97 Å². The van der Waals surface area contributed by atoms with Gasteiger partial charge < -0.3 is 14.9 Å². The van der Waals surface area contributed by atoms with Gasteiger partial charge in [-0.3, -0.25) is 4.79 Å². The number of carboxylic acids is 1. The van der Waals surface area contributed by atoms with E-state index in [4.69, 9.17) is 5.11 Å². The second kappa shape index (κ2) is 6.46. The van der Waals surface area contributed by atoms with Crippen molar-refractivity contribution in [3.63, 3.8) is 0 Å². The Morgan fingerprint density at radius 3 is 2.15 bits per heavy atom. The first-order valence-corrected chi connectivity index (χ1v) is 7.43. The van der Waals surface area contributed by atoms with Crippen molar-refractivity contribution < 1.29 is 14.7 Å². The molecular weight excluding hydrogens is 256 g/mol. The van der Waals surface area contributed by atoms with Gasteiger partial charge in [-0.05, 0) is 39.5 Å². The molecule has 0 spiro atoms. The number of carbonyl (C=O) groups excluding carboxylic acids is 1. The zero-order chi connectivity index (χ0) is 15.5. The maximum absolute atomic E-state index is 12.8. The normalized spacial score (nSPS) is 15.3. The summed E-state index contributed by atoms with van der Waals surface area (Å²) in [4.78, 5) is 27.2. The molecule has 2 amide bonds. The van der Waals surface area contributed by atoms with Gasteiger partial charge in [0.1, 0.15) is 0 Å². The van der Waals surface area contributed by atoms with Crippen LogP contribution in [0.1, 0.15) is 53.9 Å². The molecule has 116 valence electrons. The quantitative estimate of drug-likeness (QED) is 0.816. The van der Waals surface area contributed by atoms with Crippen molar-refractivity contribution in [1.82, 2.24) is 9.80 Å². The summed E-state index contributed by atoms with van der Waals surface area (Å²) in [6.07, 6.45) is 2.12. The summed E-state index contributed by atoms with van der Waals surface area (Å²) in [6.45, 7) is 11.1. The molecule has 1 fully saturated rings. The second-order valence-electron chi connectivity index (χ2n) is 7.03. The molecule has 1 N–H and O–H groups in total. The van der Waals surface area contributed by atoms with E-state index in [1.165, 1.54) is 0 Å². The van der Waals surface area contributed by atoms with E-state index in [2.05, 4.69) is 13.8 Å². The van der Waals surface area contributed by atoms with Gasteiger partial charge in [0, 0.05) is 24.7 Å². The highest BCUT2D eigenvalue weighted by Gasteiger charge is 2.38. The smallest absolute Gasteiger partial charge is 0.320 e. The molecular formula is C15H28N2O3. The van der Waals surface area contributed by atoms with Crippen molar-refractivity contribution in [3.8, 4) is 0 Å². The molecule has 5 nitrogen and oxygen atoms in total. The predicted molar refractivity (Wildman–Crippen MR) is 78.7 cm³/mol. The van der Waals surface area contributed by atoms with E-state index in [1.807, 2.05) is 25.7 Å². The molecule has 0 aromatic carbocycles. The number of carboxylic acid groups (broad SMARTS) is 1. The number of hydrogen-bond acceptors (Lipinski definition) is 2. The Morgan fingerprint density at radius 1 is 1.25 bits per heavy atom. The second-order valence-corrected chi connectivity index (χ2v) is 7.03. The Balaban J connectivity index is 2.81. The monoisotopic (exact) mass is 284 g/mol. The van der Waals surface area contributed by atoms with Crippen LogP contribution in [-0.4, -0.2) is 51.6 Å². The number of rotatable bonds is 6. The summed E-state index contributed by atoms with van der Waals surface area (Å²) < 4.78 is 0. The summed E-state index contributed by atoms with van der Waals surface area (Å²) >= 11 is 0. The molecule has 0 aromatic heterocycles. The van der Waals surface area contributed by atoms with Gasteiger partial charge in [0.25, 0.3) is 0 Å². The van der Waals surface area contributed by atoms with Crippen molar-refractivity contribution in [2.45, 2.75) is 65.5 Å². The molecule has 0 heterocycles. The zero-order valence-corrected chi connectivity index (χ0v) is 13.3. The van der Waals surface area contributed by atoms with Crippen molar-refractivity contribution in [2.75, 3.05) is 13.1 Å². The van der Waals surface area contributed by atoms with E-state index in [1.54, 1.807) is 4.90 Å². The molecule has 1 aliphatic carbocycles. The van der Waals surface area contributed by atoms with Crippen molar-refractivity contribution in [1.29, 1.82) is 0 Å². The molecule has 0 unspecified atom stereocenters. The van der Waals surface area contributed by atoms with Gasteiger partial charge in [0.2, 0.25) is 0 Å². The molecule has 0 saturated heterocycles. The summed E-state index contributed by atoms with van der Waals surface area (Å²) in [5.41, 5.74) is -0.364. The maximum Gasteiger partial charge on any atom is 0.320 e. The first-order chi connectivity index (χ1) is 9.12. The van der Waals surface area contributed by atoms with E-state index in [0.717, 1.165) is 19.4 Å². The zero-order valence-electron chi connectivity index (χ0n) is 13.3. The fourth-order valence-corrected chi connectivity index (χ4v) is 2.24. The topological polar surface area (TPSA) is 60.9 Å². The summed E-state index contributed by atoms with van der Waals surface area (Å²) in [7, 11) is 0. The number of amides is 2. The molecule has 0 bridgehead atoms. The van der Waals surface area contributed by atoms with E-state index >= 15 is 0 Å². The van der Waals surface area contributed by atoms with Gasteiger partial charge in [0.15, 0.2) is 0 Å². The number of urea groups is 1. The van der Waals surface area contributed by atoms with Crippen LogP contribution in [0.25, 0.3) is 0 Å². The van der Waals surface area contributed by atoms with Crippen LogP contribution in [0.15, 0.2) is 0 Å². The molecule has 1 rings (SSSR count). The lowest BCUT2D eigenvalue weighted by Crippen LogP contribution is -2.53. The first kappa shape index (κ1) is 16.8. The Kier molecular flexibility index (Phi) is 5.42. The largest absolute Gasteiger partial charge is 0.481 e. The highest BCUT2D eigenvalue weighted by atomic mass is 16.4. The summed E-state index contributed by atoms with van der Waals surface area (Å²) in [5.74, 6) is -0.449. The lowest BCUT2D eigenvalue weighted by molar-refractivity contribution is -0.137. The highest BCUT2D eigenvalue weighted by Crippen LogP contribution is 2.30. The minimum atomic E-state index is -0.867. The Bertz CT molecular complexity index is 357. The fourth-order valence-electron chi connectivity index (χ4n) is 2.24. The number of carbonyl (C=O) groups is 2. The summed E-state index contributed by atoms with van der Waals surface area (Å²) in [6, 6.07) is 0.328. The van der Waals surface area contributed by atoms with E-state index in [0.29, 0.717) is 12.0 Å². The van der Waals surface area contributed by atoms with Crippen LogP contribution in [0.2, 0.25) is 0 Å². The van der Waals surface area contributed by atoms with Gasteiger partial charge in [-0.1, -0.05) is 13.8 Å². The third-order valence-electron chi connectivity index (χ3n) is 3.39. The fraction of sp³-hybridized carbons (Fsp3) is 0.867. The van der Waals surface area contributed by atoms with Gasteiger partial charge in [0.05, 0.1) is 6.42 Å². The number of nitrogens with zero attached hydrogens (tertiary/aromatic N) is 2. The van der Waals surface area contributed by atoms with Gasteiger partial charge >= 0.3 is 12.0 Å². The van der Waals surface area contributed by atoms with Crippen LogP contribution in [0.5, 0.6) is 0 Å². The molecule has 1 saturated carbocycles.